The van der Waals surface area contributed by atoms with E-state index in [4.69, 9.17) is 4.99 Å². The van der Waals surface area contributed by atoms with Gasteiger partial charge in [-0.15, -0.1) is 0 Å². The summed E-state index contributed by atoms with van der Waals surface area (Å²) in [7, 11) is 1.96. The average Bonchev–Trinajstić information content (AvgIpc) is 2.53. The first kappa shape index (κ1) is 12.9. The molecule has 0 fully saturated rings. The summed E-state index contributed by atoms with van der Waals surface area (Å²) in [6.07, 6.45) is 0. The van der Waals surface area contributed by atoms with Crippen LogP contribution in [0.5, 0.6) is 0 Å². The Morgan fingerprint density at radius 3 is 2.35 bits per heavy atom. The van der Waals surface area contributed by atoms with Gasteiger partial charge in [-0.05, 0) is 49.6 Å². The SMILES string of the molecule is CNc1ccc2c(c1)-c1ccccc1C(C)=NC2(C)C. The predicted octanol–water partition coefficient (Wildman–Crippen LogP) is 4.45. The van der Waals surface area contributed by atoms with Gasteiger partial charge in [-0.25, -0.2) is 0 Å². The lowest BCUT2D eigenvalue weighted by Crippen LogP contribution is -2.15. The number of anilines is 1. The summed E-state index contributed by atoms with van der Waals surface area (Å²) >= 11 is 0. The highest BCUT2D eigenvalue weighted by atomic mass is 14.9. The van der Waals surface area contributed by atoms with E-state index in [-0.39, 0.29) is 5.54 Å². The molecule has 0 saturated carbocycles. The second-order valence-corrected chi connectivity index (χ2v) is 5.81. The summed E-state index contributed by atoms with van der Waals surface area (Å²) in [4.78, 5) is 4.94. The van der Waals surface area contributed by atoms with Crippen molar-refractivity contribution in [2.24, 2.45) is 4.99 Å². The van der Waals surface area contributed by atoms with Gasteiger partial charge in [0.05, 0.1) is 5.54 Å². The van der Waals surface area contributed by atoms with Crippen LogP contribution >= 0.6 is 0 Å². The van der Waals surface area contributed by atoms with Crippen molar-refractivity contribution in [2.75, 3.05) is 12.4 Å². The molecule has 1 aliphatic rings. The summed E-state index contributed by atoms with van der Waals surface area (Å²) < 4.78 is 0. The van der Waals surface area contributed by atoms with Crippen molar-refractivity contribution < 1.29 is 0 Å². The topological polar surface area (TPSA) is 24.4 Å². The zero-order chi connectivity index (χ0) is 14.3. The molecule has 2 aromatic carbocycles. The minimum Gasteiger partial charge on any atom is -0.388 e. The summed E-state index contributed by atoms with van der Waals surface area (Å²) in [6, 6.07) is 15.1. The fourth-order valence-electron chi connectivity index (χ4n) is 3.03. The zero-order valence-electron chi connectivity index (χ0n) is 12.5. The van der Waals surface area contributed by atoms with Crippen LogP contribution < -0.4 is 5.32 Å². The summed E-state index contributed by atoms with van der Waals surface area (Å²) in [5.41, 5.74) is 7.09. The largest absolute Gasteiger partial charge is 0.388 e. The Labute approximate surface area is 120 Å². The average molecular weight is 264 g/mol. The molecule has 0 saturated heterocycles. The highest BCUT2D eigenvalue weighted by Crippen LogP contribution is 2.40. The molecule has 0 radical (unpaired) electrons. The number of aliphatic imine (C=N–C) groups is 1. The molecule has 0 amide bonds. The minimum absolute atomic E-state index is 0.204. The summed E-state index contributed by atoms with van der Waals surface area (Å²) in [5.74, 6) is 0. The maximum Gasteiger partial charge on any atom is 0.0809 e. The van der Waals surface area contributed by atoms with Crippen molar-refractivity contribution in [1.29, 1.82) is 0 Å². The molecule has 0 spiro atoms. The first-order valence-corrected chi connectivity index (χ1v) is 7.01. The smallest absolute Gasteiger partial charge is 0.0809 e. The first-order valence-electron chi connectivity index (χ1n) is 7.01. The van der Waals surface area contributed by atoms with E-state index in [9.17, 15) is 0 Å². The Bertz CT molecular complexity index is 696. The predicted molar refractivity (Wildman–Crippen MR) is 86.7 cm³/mol. The van der Waals surface area contributed by atoms with Gasteiger partial charge in [0.2, 0.25) is 0 Å². The number of hydrogen-bond donors (Lipinski definition) is 1. The Hall–Kier alpha value is -2.09. The molecule has 1 aliphatic heterocycles. The highest BCUT2D eigenvalue weighted by molar-refractivity contribution is 6.06. The molecule has 0 bridgehead atoms. The van der Waals surface area contributed by atoms with Gasteiger partial charge in [0.25, 0.3) is 0 Å². The number of nitrogens with one attached hydrogen (secondary N) is 1. The molecule has 0 aliphatic carbocycles. The van der Waals surface area contributed by atoms with Crippen LogP contribution in [0, 0.1) is 0 Å². The van der Waals surface area contributed by atoms with Crippen molar-refractivity contribution in [2.45, 2.75) is 26.3 Å². The van der Waals surface area contributed by atoms with E-state index < -0.39 is 0 Å². The molecule has 2 heteroatoms. The number of benzene rings is 2. The molecular formula is C18H20N2. The van der Waals surface area contributed by atoms with Crippen molar-refractivity contribution in [3.8, 4) is 11.1 Å². The molecule has 2 aromatic rings. The maximum absolute atomic E-state index is 4.94. The molecule has 3 rings (SSSR count). The number of rotatable bonds is 1. The van der Waals surface area contributed by atoms with Crippen LogP contribution in [0.1, 0.15) is 31.9 Å². The van der Waals surface area contributed by atoms with E-state index in [1.54, 1.807) is 0 Å². The lowest BCUT2D eigenvalue weighted by Gasteiger charge is -2.23. The van der Waals surface area contributed by atoms with Crippen LogP contribution in [0.15, 0.2) is 47.5 Å². The Kier molecular flexibility index (Phi) is 2.89. The Morgan fingerprint density at radius 2 is 1.65 bits per heavy atom. The molecule has 102 valence electrons. The molecule has 0 aromatic heterocycles. The number of nitrogens with zero attached hydrogens (tertiary/aromatic N) is 1. The Balaban J connectivity index is 2.38. The number of fused-ring (bicyclic) bond motifs is 3. The lowest BCUT2D eigenvalue weighted by atomic mass is 9.87. The second-order valence-electron chi connectivity index (χ2n) is 5.81. The fourth-order valence-corrected chi connectivity index (χ4v) is 3.03. The third kappa shape index (κ3) is 1.92. The highest BCUT2D eigenvalue weighted by Gasteiger charge is 2.28. The van der Waals surface area contributed by atoms with Crippen molar-refractivity contribution in [3.05, 3.63) is 53.6 Å². The van der Waals surface area contributed by atoms with Gasteiger partial charge in [0.15, 0.2) is 0 Å². The van der Waals surface area contributed by atoms with Crippen LogP contribution in [0.2, 0.25) is 0 Å². The van der Waals surface area contributed by atoms with Crippen LogP contribution in [0.3, 0.4) is 0 Å². The van der Waals surface area contributed by atoms with Gasteiger partial charge >= 0.3 is 0 Å². The van der Waals surface area contributed by atoms with E-state index in [1.807, 2.05) is 7.05 Å². The van der Waals surface area contributed by atoms with E-state index in [0.29, 0.717) is 0 Å². The van der Waals surface area contributed by atoms with E-state index >= 15 is 0 Å². The fraction of sp³-hybridized carbons (Fsp3) is 0.278. The lowest BCUT2D eigenvalue weighted by molar-refractivity contribution is 0.561. The summed E-state index contributed by atoms with van der Waals surface area (Å²) in [6.45, 7) is 6.46. The Morgan fingerprint density at radius 1 is 0.950 bits per heavy atom. The number of hydrogen-bond acceptors (Lipinski definition) is 2. The molecule has 1 heterocycles. The van der Waals surface area contributed by atoms with Crippen LogP contribution in [0.4, 0.5) is 5.69 Å². The third-order valence-electron chi connectivity index (χ3n) is 4.02. The third-order valence-corrected chi connectivity index (χ3v) is 4.02. The second kappa shape index (κ2) is 4.48. The molecular weight excluding hydrogens is 244 g/mol. The quantitative estimate of drug-likeness (QED) is 0.808. The molecule has 2 nitrogen and oxygen atoms in total. The maximum atomic E-state index is 4.94. The van der Waals surface area contributed by atoms with Gasteiger partial charge < -0.3 is 5.32 Å². The van der Waals surface area contributed by atoms with Gasteiger partial charge in [-0.3, -0.25) is 4.99 Å². The molecule has 1 N–H and O–H groups in total. The van der Waals surface area contributed by atoms with Crippen molar-refractivity contribution >= 4 is 11.4 Å². The van der Waals surface area contributed by atoms with Crippen molar-refractivity contribution in [3.63, 3.8) is 0 Å². The standard InChI is InChI=1S/C18H20N2/c1-12-14-7-5-6-8-15(14)16-11-13(19-4)9-10-17(16)18(2,3)20-12/h5-11,19H,1-4H3. The molecule has 0 atom stereocenters. The molecule has 20 heavy (non-hydrogen) atoms. The van der Waals surface area contributed by atoms with Gasteiger partial charge in [-0.1, -0.05) is 30.3 Å². The van der Waals surface area contributed by atoms with E-state index in [2.05, 4.69) is 68.6 Å². The minimum atomic E-state index is -0.204. The van der Waals surface area contributed by atoms with Crippen molar-refractivity contribution in [1.82, 2.24) is 0 Å². The van der Waals surface area contributed by atoms with Gasteiger partial charge in [0.1, 0.15) is 0 Å². The van der Waals surface area contributed by atoms with Gasteiger partial charge in [0, 0.05) is 24.0 Å². The van der Waals surface area contributed by atoms with Crippen LogP contribution in [-0.2, 0) is 5.54 Å². The van der Waals surface area contributed by atoms with E-state index in [0.717, 1.165) is 11.4 Å². The first-order chi connectivity index (χ1) is 9.53. The van der Waals surface area contributed by atoms with E-state index in [1.165, 1.54) is 22.3 Å². The monoisotopic (exact) mass is 264 g/mol. The zero-order valence-corrected chi connectivity index (χ0v) is 12.5. The van der Waals surface area contributed by atoms with Crippen LogP contribution in [-0.4, -0.2) is 12.8 Å². The van der Waals surface area contributed by atoms with Gasteiger partial charge in [-0.2, -0.15) is 0 Å². The van der Waals surface area contributed by atoms with Crippen LogP contribution in [0.25, 0.3) is 11.1 Å². The normalized spacial score (nSPS) is 15.7. The summed E-state index contributed by atoms with van der Waals surface area (Å²) in [5, 5.41) is 3.23. The molecule has 0 unspecified atom stereocenters.